The van der Waals surface area contributed by atoms with Gasteiger partial charge in [0, 0.05) is 22.1 Å². The highest BCUT2D eigenvalue weighted by atomic mass is 79.9. The number of rotatable bonds is 6. The smallest absolute Gasteiger partial charge is 0.105 e. The fraction of sp³-hybridized carbons (Fsp3) is 0.312. The first kappa shape index (κ1) is 15.5. The van der Waals surface area contributed by atoms with Crippen LogP contribution in [-0.2, 0) is 6.54 Å². The maximum absolute atomic E-state index is 4.51. The van der Waals surface area contributed by atoms with Gasteiger partial charge in [-0.2, -0.15) is 0 Å². The van der Waals surface area contributed by atoms with Crippen LogP contribution in [0, 0.1) is 5.92 Å². The summed E-state index contributed by atoms with van der Waals surface area (Å²) in [5.74, 6) is 0.660. The standard InChI is InChI=1S/C16H19BrN2S/c1-12(2)10-18-11-13-5-4-8-19-16(13)20-15-7-3-6-14(17)9-15/h3-9,12,18H,10-11H2,1-2H3. The summed E-state index contributed by atoms with van der Waals surface area (Å²) in [4.78, 5) is 5.71. The van der Waals surface area contributed by atoms with E-state index in [4.69, 9.17) is 0 Å². The Balaban J connectivity index is 2.07. The Hall–Kier alpha value is -0.840. The number of pyridine rings is 1. The van der Waals surface area contributed by atoms with Crippen LogP contribution >= 0.6 is 27.7 Å². The molecule has 0 atom stereocenters. The van der Waals surface area contributed by atoms with Crippen molar-refractivity contribution < 1.29 is 0 Å². The van der Waals surface area contributed by atoms with Crippen molar-refractivity contribution in [3.8, 4) is 0 Å². The predicted molar refractivity (Wildman–Crippen MR) is 89.0 cm³/mol. The molecule has 1 N–H and O–H groups in total. The van der Waals surface area contributed by atoms with E-state index in [1.54, 1.807) is 11.8 Å². The molecular weight excluding hydrogens is 332 g/mol. The second-order valence-corrected chi connectivity index (χ2v) is 7.03. The minimum atomic E-state index is 0.660. The molecule has 0 aliphatic rings. The average Bonchev–Trinajstić information content (AvgIpc) is 2.40. The molecule has 1 aromatic heterocycles. The molecule has 0 aliphatic heterocycles. The van der Waals surface area contributed by atoms with Crippen LogP contribution in [0.15, 0.2) is 57.0 Å². The van der Waals surface area contributed by atoms with Gasteiger partial charge in [0.05, 0.1) is 0 Å². The summed E-state index contributed by atoms with van der Waals surface area (Å²) in [5, 5.41) is 4.55. The van der Waals surface area contributed by atoms with Crippen molar-refractivity contribution in [2.75, 3.05) is 6.54 Å². The molecule has 1 heterocycles. The highest BCUT2D eigenvalue weighted by molar-refractivity contribution is 9.10. The Labute approximate surface area is 133 Å². The van der Waals surface area contributed by atoms with Gasteiger partial charge in [0.1, 0.15) is 5.03 Å². The molecule has 1 aromatic carbocycles. The second-order valence-electron chi connectivity index (χ2n) is 5.05. The van der Waals surface area contributed by atoms with E-state index < -0.39 is 0 Å². The molecule has 2 aromatic rings. The van der Waals surface area contributed by atoms with Crippen molar-refractivity contribution >= 4 is 27.7 Å². The minimum Gasteiger partial charge on any atom is -0.312 e. The number of nitrogens with zero attached hydrogens (tertiary/aromatic N) is 1. The Morgan fingerprint density at radius 2 is 2.10 bits per heavy atom. The second kappa shape index (κ2) is 7.81. The van der Waals surface area contributed by atoms with E-state index >= 15 is 0 Å². The SMILES string of the molecule is CC(C)CNCc1cccnc1Sc1cccc(Br)c1. The monoisotopic (exact) mass is 350 g/mol. The molecule has 0 spiro atoms. The molecular formula is C16H19BrN2S. The van der Waals surface area contributed by atoms with E-state index in [0.29, 0.717) is 5.92 Å². The Morgan fingerprint density at radius 1 is 1.25 bits per heavy atom. The molecule has 0 amide bonds. The zero-order chi connectivity index (χ0) is 14.4. The summed E-state index contributed by atoms with van der Waals surface area (Å²) in [6.45, 7) is 6.32. The molecule has 0 saturated carbocycles. The lowest BCUT2D eigenvalue weighted by Crippen LogP contribution is -2.19. The quantitative estimate of drug-likeness (QED) is 0.814. The lowest BCUT2D eigenvalue weighted by atomic mass is 10.2. The number of benzene rings is 1. The van der Waals surface area contributed by atoms with Gasteiger partial charge >= 0.3 is 0 Å². The molecule has 0 fully saturated rings. The van der Waals surface area contributed by atoms with Crippen molar-refractivity contribution in [2.24, 2.45) is 5.92 Å². The number of halogens is 1. The largest absolute Gasteiger partial charge is 0.312 e. The fourth-order valence-corrected chi connectivity index (χ4v) is 3.28. The zero-order valence-electron chi connectivity index (χ0n) is 11.8. The topological polar surface area (TPSA) is 24.9 Å². The van der Waals surface area contributed by atoms with Gasteiger partial charge in [0.15, 0.2) is 0 Å². The van der Waals surface area contributed by atoms with E-state index in [1.807, 2.05) is 24.4 Å². The van der Waals surface area contributed by atoms with Crippen LogP contribution in [0.1, 0.15) is 19.4 Å². The van der Waals surface area contributed by atoms with Gasteiger partial charge in [0.2, 0.25) is 0 Å². The molecule has 106 valence electrons. The highest BCUT2D eigenvalue weighted by Gasteiger charge is 2.06. The maximum Gasteiger partial charge on any atom is 0.105 e. The molecule has 4 heteroatoms. The third-order valence-electron chi connectivity index (χ3n) is 2.73. The van der Waals surface area contributed by atoms with Gasteiger partial charge in [-0.1, -0.05) is 53.7 Å². The first-order valence-electron chi connectivity index (χ1n) is 6.73. The summed E-state index contributed by atoms with van der Waals surface area (Å²) >= 11 is 5.21. The van der Waals surface area contributed by atoms with Crippen molar-refractivity contribution in [3.63, 3.8) is 0 Å². The Kier molecular flexibility index (Phi) is 6.07. The first-order valence-corrected chi connectivity index (χ1v) is 8.34. The molecule has 0 saturated heterocycles. The number of aromatic nitrogens is 1. The van der Waals surface area contributed by atoms with Crippen LogP contribution < -0.4 is 5.32 Å². The van der Waals surface area contributed by atoms with Gasteiger partial charge in [-0.3, -0.25) is 0 Å². The zero-order valence-corrected chi connectivity index (χ0v) is 14.2. The van der Waals surface area contributed by atoms with Gasteiger partial charge in [-0.25, -0.2) is 4.98 Å². The van der Waals surface area contributed by atoms with Crippen LogP contribution in [-0.4, -0.2) is 11.5 Å². The van der Waals surface area contributed by atoms with E-state index in [0.717, 1.165) is 22.6 Å². The summed E-state index contributed by atoms with van der Waals surface area (Å²) in [7, 11) is 0. The summed E-state index contributed by atoms with van der Waals surface area (Å²) in [5.41, 5.74) is 1.25. The third-order valence-corrected chi connectivity index (χ3v) is 4.27. The molecule has 0 aliphatic carbocycles. The molecule has 0 unspecified atom stereocenters. The van der Waals surface area contributed by atoms with E-state index in [9.17, 15) is 0 Å². The number of hydrogen-bond donors (Lipinski definition) is 1. The van der Waals surface area contributed by atoms with E-state index in [1.165, 1.54) is 10.5 Å². The first-order chi connectivity index (χ1) is 9.65. The molecule has 20 heavy (non-hydrogen) atoms. The van der Waals surface area contributed by atoms with Crippen LogP contribution in [0.25, 0.3) is 0 Å². The van der Waals surface area contributed by atoms with E-state index in [-0.39, 0.29) is 0 Å². The minimum absolute atomic E-state index is 0.660. The van der Waals surface area contributed by atoms with E-state index in [2.05, 4.69) is 58.3 Å². The fourth-order valence-electron chi connectivity index (χ4n) is 1.79. The lowest BCUT2D eigenvalue weighted by molar-refractivity contribution is 0.549. The van der Waals surface area contributed by atoms with Crippen molar-refractivity contribution in [1.82, 2.24) is 10.3 Å². The van der Waals surface area contributed by atoms with Gasteiger partial charge in [0.25, 0.3) is 0 Å². The third kappa shape index (κ3) is 4.93. The lowest BCUT2D eigenvalue weighted by Gasteiger charge is -2.11. The maximum atomic E-state index is 4.51. The van der Waals surface area contributed by atoms with Gasteiger partial charge in [-0.15, -0.1) is 0 Å². The molecule has 0 radical (unpaired) electrons. The van der Waals surface area contributed by atoms with Crippen molar-refractivity contribution in [3.05, 3.63) is 52.6 Å². The summed E-state index contributed by atoms with van der Waals surface area (Å²) in [6.07, 6.45) is 1.85. The van der Waals surface area contributed by atoms with Gasteiger partial charge in [-0.05, 0) is 42.3 Å². The van der Waals surface area contributed by atoms with Crippen LogP contribution in [0.3, 0.4) is 0 Å². The highest BCUT2D eigenvalue weighted by Crippen LogP contribution is 2.30. The summed E-state index contributed by atoms with van der Waals surface area (Å²) < 4.78 is 1.10. The Bertz CT molecular complexity index is 558. The average molecular weight is 351 g/mol. The summed E-state index contributed by atoms with van der Waals surface area (Å²) in [6, 6.07) is 12.4. The van der Waals surface area contributed by atoms with Crippen molar-refractivity contribution in [2.45, 2.75) is 30.3 Å². The van der Waals surface area contributed by atoms with Gasteiger partial charge < -0.3 is 5.32 Å². The van der Waals surface area contributed by atoms with Crippen LogP contribution in [0.5, 0.6) is 0 Å². The van der Waals surface area contributed by atoms with Crippen LogP contribution in [0.4, 0.5) is 0 Å². The number of nitrogens with one attached hydrogen (secondary N) is 1. The molecule has 0 bridgehead atoms. The normalized spacial score (nSPS) is 11.0. The Morgan fingerprint density at radius 3 is 2.85 bits per heavy atom. The number of hydrogen-bond acceptors (Lipinski definition) is 3. The predicted octanol–water partition coefficient (Wildman–Crippen LogP) is 4.74. The van der Waals surface area contributed by atoms with Crippen molar-refractivity contribution in [1.29, 1.82) is 0 Å². The van der Waals surface area contributed by atoms with Crippen LogP contribution in [0.2, 0.25) is 0 Å². The molecule has 2 rings (SSSR count). The molecule has 2 nitrogen and oxygen atoms in total.